The second-order valence-electron chi connectivity index (χ2n) is 10.3. The van der Waals surface area contributed by atoms with Crippen molar-refractivity contribution in [3.63, 3.8) is 0 Å². The van der Waals surface area contributed by atoms with Crippen molar-refractivity contribution in [2.24, 2.45) is 0 Å². The van der Waals surface area contributed by atoms with Gasteiger partial charge in [0, 0.05) is 11.6 Å². The number of aromatic hydroxyl groups is 3. The summed E-state index contributed by atoms with van der Waals surface area (Å²) in [5, 5.41) is 110. The summed E-state index contributed by atoms with van der Waals surface area (Å²) in [6.07, 6.45) is -17.4. The van der Waals surface area contributed by atoms with E-state index in [1.165, 1.54) is 24.3 Å². The SMILES string of the molecule is O=c1c(OCC2OC(O)C(O)C(O)C2O)c(-c2ccc(O)cc2)oc2cc(O)c(OCC3OC(O)C(O)C(O)C3O)c(O)c12. The molecule has 0 amide bonds. The van der Waals surface area contributed by atoms with E-state index < -0.39 is 108 Å². The molecule has 44 heavy (non-hydrogen) atoms. The summed E-state index contributed by atoms with van der Waals surface area (Å²) in [6, 6.07) is 6.17. The number of ether oxygens (including phenoxy) is 4. The van der Waals surface area contributed by atoms with E-state index in [1.807, 2.05) is 0 Å². The fourth-order valence-corrected chi connectivity index (χ4v) is 4.83. The number of aliphatic hydroxyl groups excluding tert-OH is 8. The standard InChI is InChI=1S/C27H30O17/c28-9-3-1-8(2-4-9)23-25(41-7-13-16(31)20(35)22(37)27(39)44-13)18(33)14-11(42-23)5-10(29)24(17(14)32)40-6-12-15(30)19(34)21(36)26(38)43-12/h1-5,12-13,15-16,19-22,26-32,34-39H,6-7H2. The van der Waals surface area contributed by atoms with Gasteiger partial charge in [-0.2, -0.15) is 0 Å². The van der Waals surface area contributed by atoms with Crippen LogP contribution in [0.1, 0.15) is 0 Å². The van der Waals surface area contributed by atoms with E-state index >= 15 is 0 Å². The molecule has 2 saturated heterocycles. The van der Waals surface area contributed by atoms with Crippen molar-refractivity contribution in [3.8, 4) is 40.1 Å². The van der Waals surface area contributed by atoms with Gasteiger partial charge in [0.25, 0.3) is 0 Å². The summed E-state index contributed by atoms with van der Waals surface area (Å²) in [5.41, 5.74) is -1.22. The topological polar surface area (TPSA) is 290 Å². The molecule has 1 aromatic heterocycles. The molecule has 0 bridgehead atoms. The van der Waals surface area contributed by atoms with Crippen LogP contribution in [0.25, 0.3) is 22.3 Å². The molecule has 10 unspecified atom stereocenters. The van der Waals surface area contributed by atoms with Crippen LogP contribution in [0.4, 0.5) is 0 Å². The fraction of sp³-hybridized carbons (Fsp3) is 0.444. The Kier molecular flexibility index (Phi) is 8.87. The Balaban J connectivity index is 1.52. The van der Waals surface area contributed by atoms with Crippen LogP contribution in [-0.4, -0.2) is 131 Å². The lowest BCUT2D eigenvalue weighted by molar-refractivity contribution is -0.285. The molecular weight excluding hydrogens is 596 g/mol. The van der Waals surface area contributed by atoms with Crippen LogP contribution < -0.4 is 14.9 Å². The molecule has 17 heteroatoms. The minimum atomic E-state index is -1.89. The summed E-state index contributed by atoms with van der Waals surface area (Å²) < 4.78 is 26.9. The van der Waals surface area contributed by atoms with Crippen LogP contribution in [0.3, 0.4) is 0 Å². The average Bonchev–Trinajstić information content (AvgIpc) is 2.99. The van der Waals surface area contributed by atoms with E-state index in [1.54, 1.807) is 0 Å². The molecule has 0 spiro atoms. The second kappa shape index (κ2) is 12.3. The van der Waals surface area contributed by atoms with Gasteiger partial charge in [-0.15, -0.1) is 0 Å². The molecule has 2 aliphatic heterocycles. The number of phenols is 3. The number of hydrogen-bond donors (Lipinski definition) is 11. The van der Waals surface area contributed by atoms with Crippen molar-refractivity contribution in [2.45, 2.75) is 61.4 Å². The third-order valence-corrected chi connectivity index (χ3v) is 7.34. The molecule has 2 aromatic carbocycles. The predicted octanol–water partition coefficient (Wildman–Crippen LogP) is -3.07. The van der Waals surface area contributed by atoms with Crippen LogP contribution in [0.15, 0.2) is 39.5 Å². The predicted molar refractivity (Wildman–Crippen MR) is 142 cm³/mol. The van der Waals surface area contributed by atoms with Crippen molar-refractivity contribution < 1.29 is 79.5 Å². The third kappa shape index (κ3) is 5.73. The molecule has 2 aliphatic rings. The molecular formula is C27H30O17. The summed E-state index contributed by atoms with van der Waals surface area (Å²) >= 11 is 0. The van der Waals surface area contributed by atoms with Crippen LogP contribution in [-0.2, 0) is 9.47 Å². The average molecular weight is 627 g/mol. The number of benzene rings is 2. The maximum Gasteiger partial charge on any atom is 0.239 e. The Morgan fingerprint density at radius 2 is 1.16 bits per heavy atom. The molecule has 3 heterocycles. The molecule has 0 radical (unpaired) electrons. The van der Waals surface area contributed by atoms with Crippen molar-refractivity contribution in [2.75, 3.05) is 13.2 Å². The van der Waals surface area contributed by atoms with E-state index in [0.717, 1.165) is 6.07 Å². The van der Waals surface area contributed by atoms with Crippen LogP contribution in [0.5, 0.6) is 28.7 Å². The second-order valence-corrected chi connectivity index (χ2v) is 10.3. The molecule has 17 nitrogen and oxygen atoms in total. The first-order chi connectivity index (χ1) is 20.8. The smallest absolute Gasteiger partial charge is 0.239 e. The summed E-state index contributed by atoms with van der Waals surface area (Å²) in [6.45, 7) is -1.37. The maximum absolute atomic E-state index is 13.8. The maximum atomic E-state index is 13.8. The van der Waals surface area contributed by atoms with Gasteiger partial charge >= 0.3 is 0 Å². The first-order valence-corrected chi connectivity index (χ1v) is 13.2. The first-order valence-electron chi connectivity index (χ1n) is 13.2. The van der Waals surface area contributed by atoms with Crippen molar-refractivity contribution >= 4 is 11.0 Å². The number of hydrogen-bond acceptors (Lipinski definition) is 17. The summed E-state index contributed by atoms with van der Waals surface area (Å²) in [5.74, 6) is -3.35. The Morgan fingerprint density at radius 1 is 0.659 bits per heavy atom. The van der Waals surface area contributed by atoms with Gasteiger partial charge in [-0.1, -0.05) is 0 Å². The lowest BCUT2D eigenvalue weighted by Crippen LogP contribution is -2.58. The third-order valence-electron chi connectivity index (χ3n) is 7.34. The highest BCUT2D eigenvalue weighted by atomic mass is 16.7. The fourth-order valence-electron chi connectivity index (χ4n) is 4.83. The van der Waals surface area contributed by atoms with Gasteiger partial charge < -0.3 is 79.5 Å². The number of aliphatic hydroxyl groups is 8. The minimum Gasteiger partial charge on any atom is -0.508 e. The first kappa shape index (κ1) is 31.7. The Bertz CT molecular complexity index is 1540. The van der Waals surface area contributed by atoms with E-state index in [9.17, 15) is 61.0 Å². The quantitative estimate of drug-likeness (QED) is 0.124. The lowest BCUT2D eigenvalue weighted by atomic mass is 9.99. The number of phenolic OH excluding ortho intramolecular Hbond substituents is 3. The zero-order chi connectivity index (χ0) is 32.0. The summed E-state index contributed by atoms with van der Waals surface area (Å²) in [7, 11) is 0. The van der Waals surface area contributed by atoms with Crippen molar-refractivity contribution in [1.29, 1.82) is 0 Å². The zero-order valence-electron chi connectivity index (χ0n) is 22.4. The van der Waals surface area contributed by atoms with Gasteiger partial charge in [0.2, 0.25) is 16.9 Å². The lowest BCUT2D eigenvalue weighted by Gasteiger charge is -2.38. The molecule has 10 atom stereocenters. The highest BCUT2D eigenvalue weighted by molar-refractivity contribution is 5.91. The Morgan fingerprint density at radius 3 is 1.68 bits per heavy atom. The monoisotopic (exact) mass is 626 g/mol. The largest absolute Gasteiger partial charge is 0.508 e. The van der Waals surface area contributed by atoms with Crippen molar-refractivity contribution in [1.82, 2.24) is 0 Å². The normalized spacial score (nSPS) is 32.5. The number of rotatable bonds is 7. The van der Waals surface area contributed by atoms with E-state index in [2.05, 4.69) is 0 Å². The molecule has 3 aromatic rings. The molecule has 0 aliphatic carbocycles. The minimum absolute atomic E-state index is 0.127. The number of fused-ring (bicyclic) bond motifs is 1. The molecule has 2 fully saturated rings. The van der Waals surface area contributed by atoms with Gasteiger partial charge in [-0.3, -0.25) is 4.79 Å². The highest BCUT2D eigenvalue weighted by Crippen LogP contribution is 2.44. The molecule has 5 rings (SSSR count). The zero-order valence-corrected chi connectivity index (χ0v) is 22.4. The van der Waals surface area contributed by atoms with Gasteiger partial charge in [-0.05, 0) is 24.3 Å². The van der Waals surface area contributed by atoms with Gasteiger partial charge in [0.1, 0.15) is 78.8 Å². The Hall–Kier alpha value is -3.75. The molecule has 11 N–H and O–H groups in total. The van der Waals surface area contributed by atoms with Crippen LogP contribution in [0, 0.1) is 0 Å². The van der Waals surface area contributed by atoms with Gasteiger partial charge in [0.15, 0.2) is 29.8 Å². The summed E-state index contributed by atoms with van der Waals surface area (Å²) in [4.78, 5) is 13.8. The van der Waals surface area contributed by atoms with Gasteiger partial charge in [-0.25, -0.2) is 0 Å². The van der Waals surface area contributed by atoms with Crippen molar-refractivity contribution in [3.05, 3.63) is 40.6 Å². The molecule has 0 saturated carbocycles. The van der Waals surface area contributed by atoms with Crippen LogP contribution >= 0.6 is 0 Å². The Labute approximate surface area is 246 Å². The molecule has 240 valence electrons. The van der Waals surface area contributed by atoms with Crippen LogP contribution in [0.2, 0.25) is 0 Å². The van der Waals surface area contributed by atoms with E-state index in [4.69, 9.17) is 23.4 Å². The van der Waals surface area contributed by atoms with Gasteiger partial charge in [0.05, 0.1) is 0 Å². The highest BCUT2D eigenvalue weighted by Gasteiger charge is 2.44. The van der Waals surface area contributed by atoms with E-state index in [0.29, 0.717) is 0 Å². The van der Waals surface area contributed by atoms with E-state index in [-0.39, 0.29) is 22.7 Å².